The van der Waals surface area contributed by atoms with E-state index < -0.39 is 0 Å². The molecule has 0 heterocycles. The molecule has 0 atom stereocenters. The van der Waals surface area contributed by atoms with E-state index in [1.165, 1.54) is 17.6 Å². The summed E-state index contributed by atoms with van der Waals surface area (Å²) in [6.45, 7) is 12.8. The summed E-state index contributed by atoms with van der Waals surface area (Å²) < 4.78 is 5.89. The summed E-state index contributed by atoms with van der Waals surface area (Å²) in [6, 6.07) is 8.26. The standard InChI is InChI=1S/C18H29NO/c1-6-11-19-13-17(14(2)3)12-16-9-7-8-10-18(16)20-15(4)5/h7-10,12,14-15,19H,6,11,13H2,1-5H3. The molecule has 0 saturated carbocycles. The van der Waals surface area contributed by atoms with Gasteiger partial charge in [-0.2, -0.15) is 0 Å². The van der Waals surface area contributed by atoms with E-state index in [1.54, 1.807) is 0 Å². The Morgan fingerprint density at radius 3 is 2.50 bits per heavy atom. The minimum Gasteiger partial charge on any atom is -0.490 e. The first kappa shape index (κ1) is 16.8. The minimum absolute atomic E-state index is 0.199. The number of rotatable bonds is 8. The van der Waals surface area contributed by atoms with Gasteiger partial charge in [0.1, 0.15) is 5.75 Å². The molecular formula is C18H29NO. The van der Waals surface area contributed by atoms with Crippen LogP contribution in [0.4, 0.5) is 0 Å². The first-order valence-electron chi connectivity index (χ1n) is 7.71. The van der Waals surface area contributed by atoms with Crippen molar-refractivity contribution in [1.82, 2.24) is 5.32 Å². The normalized spacial score (nSPS) is 12.2. The second kappa shape index (κ2) is 8.80. The number of ether oxygens (including phenoxy) is 1. The minimum atomic E-state index is 0.199. The Labute approximate surface area is 124 Å². The lowest BCUT2D eigenvalue weighted by Gasteiger charge is -2.16. The Bertz CT molecular complexity index is 421. The zero-order valence-corrected chi connectivity index (χ0v) is 13.6. The molecule has 0 spiro atoms. The third-order valence-corrected chi connectivity index (χ3v) is 3.12. The van der Waals surface area contributed by atoms with Crippen LogP contribution in [0.25, 0.3) is 6.08 Å². The first-order valence-corrected chi connectivity index (χ1v) is 7.71. The summed E-state index contributed by atoms with van der Waals surface area (Å²) in [6.07, 6.45) is 3.63. The molecule has 0 amide bonds. The summed E-state index contributed by atoms with van der Waals surface area (Å²) in [5.74, 6) is 1.50. The molecule has 0 fully saturated rings. The van der Waals surface area contributed by atoms with Crippen LogP contribution < -0.4 is 10.1 Å². The summed E-state index contributed by atoms with van der Waals surface area (Å²) in [5.41, 5.74) is 2.58. The quantitative estimate of drug-likeness (QED) is 0.705. The Morgan fingerprint density at radius 1 is 1.20 bits per heavy atom. The van der Waals surface area contributed by atoms with Gasteiger partial charge in [-0.1, -0.05) is 50.6 Å². The van der Waals surface area contributed by atoms with E-state index in [0.717, 1.165) is 18.8 Å². The predicted molar refractivity (Wildman–Crippen MR) is 88.2 cm³/mol. The highest BCUT2D eigenvalue weighted by Gasteiger charge is 2.07. The largest absolute Gasteiger partial charge is 0.490 e. The molecule has 0 aliphatic rings. The van der Waals surface area contributed by atoms with Crippen LogP contribution in [0.3, 0.4) is 0 Å². The maximum atomic E-state index is 5.89. The Balaban J connectivity index is 2.92. The van der Waals surface area contributed by atoms with Gasteiger partial charge in [0.15, 0.2) is 0 Å². The highest BCUT2D eigenvalue weighted by molar-refractivity contribution is 5.60. The zero-order valence-electron chi connectivity index (χ0n) is 13.6. The summed E-state index contributed by atoms with van der Waals surface area (Å²) >= 11 is 0. The van der Waals surface area contributed by atoms with Crippen LogP contribution in [-0.2, 0) is 0 Å². The van der Waals surface area contributed by atoms with Gasteiger partial charge in [0, 0.05) is 12.1 Å². The lowest BCUT2D eigenvalue weighted by molar-refractivity contribution is 0.242. The highest BCUT2D eigenvalue weighted by Crippen LogP contribution is 2.24. The Morgan fingerprint density at radius 2 is 1.90 bits per heavy atom. The predicted octanol–water partition coefficient (Wildman–Crippen LogP) is 4.51. The van der Waals surface area contributed by atoms with E-state index in [4.69, 9.17) is 4.74 Å². The summed E-state index contributed by atoms with van der Waals surface area (Å²) in [4.78, 5) is 0. The van der Waals surface area contributed by atoms with Crippen molar-refractivity contribution < 1.29 is 4.74 Å². The topological polar surface area (TPSA) is 21.3 Å². The van der Waals surface area contributed by atoms with E-state index in [0.29, 0.717) is 5.92 Å². The smallest absolute Gasteiger partial charge is 0.126 e. The number of hydrogen-bond acceptors (Lipinski definition) is 2. The SMILES string of the molecule is CCCNCC(=Cc1ccccc1OC(C)C)C(C)C. The van der Waals surface area contributed by atoms with Crippen LogP contribution in [0.2, 0.25) is 0 Å². The van der Waals surface area contributed by atoms with Gasteiger partial charge in [-0.05, 0) is 38.8 Å². The van der Waals surface area contributed by atoms with Crippen LogP contribution >= 0.6 is 0 Å². The lowest BCUT2D eigenvalue weighted by Crippen LogP contribution is -2.20. The molecule has 1 aromatic carbocycles. The van der Waals surface area contributed by atoms with Crippen LogP contribution in [0.15, 0.2) is 29.8 Å². The van der Waals surface area contributed by atoms with Crippen molar-refractivity contribution in [1.29, 1.82) is 0 Å². The molecule has 1 aromatic rings. The molecule has 20 heavy (non-hydrogen) atoms. The number of benzene rings is 1. The number of nitrogens with one attached hydrogen (secondary N) is 1. The van der Waals surface area contributed by atoms with Crippen molar-refractivity contribution in [2.24, 2.45) is 5.92 Å². The van der Waals surface area contributed by atoms with Crippen LogP contribution in [-0.4, -0.2) is 19.2 Å². The second-order valence-electron chi connectivity index (χ2n) is 5.76. The van der Waals surface area contributed by atoms with E-state index in [2.05, 4.69) is 58.1 Å². The van der Waals surface area contributed by atoms with Crippen LogP contribution in [0, 0.1) is 5.92 Å². The van der Waals surface area contributed by atoms with Crippen LogP contribution in [0.1, 0.15) is 46.6 Å². The van der Waals surface area contributed by atoms with E-state index in [-0.39, 0.29) is 6.10 Å². The van der Waals surface area contributed by atoms with Gasteiger partial charge in [-0.15, -0.1) is 0 Å². The molecule has 0 radical (unpaired) electrons. The van der Waals surface area contributed by atoms with Crippen molar-refractivity contribution in [2.45, 2.75) is 47.1 Å². The monoisotopic (exact) mass is 275 g/mol. The molecule has 0 unspecified atom stereocenters. The van der Waals surface area contributed by atoms with E-state index in [9.17, 15) is 0 Å². The molecule has 0 aliphatic carbocycles. The highest BCUT2D eigenvalue weighted by atomic mass is 16.5. The number of para-hydroxylation sites is 1. The maximum Gasteiger partial charge on any atom is 0.126 e. The Hall–Kier alpha value is -1.28. The van der Waals surface area contributed by atoms with Gasteiger partial charge >= 0.3 is 0 Å². The van der Waals surface area contributed by atoms with E-state index in [1.807, 2.05) is 12.1 Å². The van der Waals surface area contributed by atoms with Gasteiger partial charge < -0.3 is 10.1 Å². The second-order valence-corrected chi connectivity index (χ2v) is 5.76. The van der Waals surface area contributed by atoms with Crippen molar-refractivity contribution in [3.8, 4) is 5.75 Å². The fraction of sp³-hybridized carbons (Fsp3) is 0.556. The fourth-order valence-corrected chi connectivity index (χ4v) is 1.99. The molecular weight excluding hydrogens is 246 g/mol. The molecule has 1 N–H and O–H groups in total. The summed E-state index contributed by atoms with van der Waals surface area (Å²) in [5, 5.41) is 3.49. The van der Waals surface area contributed by atoms with Crippen molar-refractivity contribution in [3.05, 3.63) is 35.4 Å². The molecule has 0 aliphatic heterocycles. The average Bonchev–Trinajstić information content (AvgIpc) is 2.39. The molecule has 1 rings (SSSR count). The molecule has 2 heteroatoms. The van der Waals surface area contributed by atoms with E-state index >= 15 is 0 Å². The van der Waals surface area contributed by atoms with Crippen molar-refractivity contribution in [3.63, 3.8) is 0 Å². The maximum absolute atomic E-state index is 5.89. The van der Waals surface area contributed by atoms with Gasteiger partial charge in [0.05, 0.1) is 6.10 Å². The number of hydrogen-bond donors (Lipinski definition) is 1. The molecule has 112 valence electrons. The zero-order chi connectivity index (χ0) is 15.0. The first-order chi connectivity index (χ1) is 9.54. The molecule has 0 aromatic heterocycles. The van der Waals surface area contributed by atoms with Gasteiger partial charge in [0.2, 0.25) is 0 Å². The average molecular weight is 275 g/mol. The van der Waals surface area contributed by atoms with Gasteiger partial charge in [-0.3, -0.25) is 0 Å². The van der Waals surface area contributed by atoms with Crippen molar-refractivity contribution in [2.75, 3.05) is 13.1 Å². The molecule has 2 nitrogen and oxygen atoms in total. The fourth-order valence-electron chi connectivity index (χ4n) is 1.99. The van der Waals surface area contributed by atoms with Crippen molar-refractivity contribution >= 4 is 6.08 Å². The molecule has 0 saturated heterocycles. The molecule has 0 bridgehead atoms. The van der Waals surface area contributed by atoms with Gasteiger partial charge in [0.25, 0.3) is 0 Å². The van der Waals surface area contributed by atoms with Gasteiger partial charge in [-0.25, -0.2) is 0 Å². The van der Waals surface area contributed by atoms with Crippen LogP contribution in [0.5, 0.6) is 5.75 Å². The summed E-state index contributed by atoms with van der Waals surface area (Å²) in [7, 11) is 0. The Kier molecular flexibility index (Phi) is 7.38. The third-order valence-electron chi connectivity index (χ3n) is 3.12. The third kappa shape index (κ3) is 5.79. The lowest BCUT2D eigenvalue weighted by atomic mass is 9.99.